The van der Waals surface area contributed by atoms with E-state index < -0.39 is 0 Å². The highest BCUT2D eigenvalue weighted by Crippen LogP contribution is 2.17. The minimum atomic E-state index is 0.696. The van der Waals surface area contributed by atoms with Crippen molar-refractivity contribution in [2.45, 2.75) is 57.9 Å². The Morgan fingerprint density at radius 1 is 1.21 bits per heavy atom. The Hall–Kier alpha value is -0.0800. The molecule has 0 radical (unpaired) electrons. The van der Waals surface area contributed by atoms with Gasteiger partial charge in [0, 0.05) is 12.6 Å². The molecular formula is C12H26N2. The summed E-state index contributed by atoms with van der Waals surface area (Å²) in [7, 11) is 0. The van der Waals surface area contributed by atoms with E-state index in [1.807, 2.05) is 0 Å². The topological polar surface area (TPSA) is 29.3 Å². The van der Waals surface area contributed by atoms with Crippen molar-refractivity contribution in [1.82, 2.24) is 4.90 Å². The maximum Gasteiger partial charge on any atom is 0.0218 e. The first-order valence-corrected chi connectivity index (χ1v) is 6.32. The molecule has 1 heterocycles. The van der Waals surface area contributed by atoms with Crippen LogP contribution in [0.3, 0.4) is 0 Å². The molecule has 0 aromatic heterocycles. The third-order valence-electron chi connectivity index (χ3n) is 3.32. The Morgan fingerprint density at radius 3 is 2.71 bits per heavy atom. The molecule has 1 unspecified atom stereocenters. The zero-order valence-corrected chi connectivity index (χ0v) is 9.67. The molecule has 0 spiro atoms. The summed E-state index contributed by atoms with van der Waals surface area (Å²) >= 11 is 0. The van der Waals surface area contributed by atoms with Gasteiger partial charge in [-0.15, -0.1) is 0 Å². The van der Waals surface area contributed by atoms with Crippen LogP contribution in [0.5, 0.6) is 0 Å². The summed E-state index contributed by atoms with van der Waals surface area (Å²) in [5.41, 5.74) is 5.73. The fraction of sp³-hybridized carbons (Fsp3) is 1.00. The van der Waals surface area contributed by atoms with Gasteiger partial charge in [0.1, 0.15) is 0 Å². The third-order valence-corrected chi connectivity index (χ3v) is 3.32. The van der Waals surface area contributed by atoms with Gasteiger partial charge < -0.3 is 5.73 Å². The summed E-state index contributed by atoms with van der Waals surface area (Å²) in [6, 6.07) is 0.696. The number of nitrogens with zero attached hydrogens (tertiary/aromatic N) is 1. The molecule has 1 atom stereocenters. The molecule has 1 aliphatic heterocycles. The average molecular weight is 198 g/mol. The number of unbranched alkanes of at least 4 members (excludes halogenated alkanes) is 4. The first-order valence-electron chi connectivity index (χ1n) is 6.32. The zero-order chi connectivity index (χ0) is 10.2. The second-order valence-electron chi connectivity index (χ2n) is 4.48. The SMILES string of the molecule is CCCCCCCN1CCCC1CN. The van der Waals surface area contributed by atoms with E-state index in [9.17, 15) is 0 Å². The van der Waals surface area contributed by atoms with Crippen LogP contribution in [0.2, 0.25) is 0 Å². The van der Waals surface area contributed by atoms with E-state index in [1.54, 1.807) is 0 Å². The third kappa shape index (κ3) is 3.97. The van der Waals surface area contributed by atoms with Crippen LogP contribution in [-0.2, 0) is 0 Å². The number of hydrogen-bond donors (Lipinski definition) is 1. The molecular weight excluding hydrogens is 172 g/mol. The molecule has 1 rings (SSSR count). The predicted octanol–water partition coefficient (Wildman–Crippen LogP) is 2.38. The second-order valence-corrected chi connectivity index (χ2v) is 4.48. The van der Waals surface area contributed by atoms with E-state index in [0.717, 1.165) is 6.54 Å². The molecule has 14 heavy (non-hydrogen) atoms. The van der Waals surface area contributed by atoms with Crippen LogP contribution in [-0.4, -0.2) is 30.6 Å². The Kier molecular flexibility index (Phi) is 6.20. The molecule has 84 valence electrons. The minimum Gasteiger partial charge on any atom is -0.329 e. The van der Waals surface area contributed by atoms with Gasteiger partial charge in [-0.25, -0.2) is 0 Å². The lowest BCUT2D eigenvalue weighted by molar-refractivity contribution is 0.252. The van der Waals surface area contributed by atoms with E-state index in [-0.39, 0.29) is 0 Å². The zero-order valence-electron chi connectivity index (χ0n) is 9.67. The molecule has 0 amide bonds. The quantitative estimate of drug-likeness (QED) is 0.636. The van der Waals surface area contributed by atoms with E-state index in [1.165, 1.54) is 58.0 Å². The Labute approximate surface area is 88.8 Å². The van der Waals surface area contributed by atoms with Gasteiger partial charge in [0.15, 0.2) is 0 Å². The fourth-order valence-electron chi connectivity index (χ4n) is 2.37. The predicted molar refractivity (Wildman–Crippen MR) is 62.4 cm³/mol. The summed E-state index contributed by atoms with van der Waals surface area (Å²) in [6.07, 6.45) is 9.62. The highest BCUT2D eigenvalue weighted by molar-refractivity contribution is 4.79. The van der Waals surface area contributed by atoms with Gasteiger partial charge in [-0.2, -0.15) is 0 Å². The van der Waals surface area contributed by atoms with Crippen molar-refractivity contribution in [1.29, 1.82) is 0 Å². The van der Waals surface area contributed by atoms with Crippen molar-refractivity contribution in [2.75, 3.05) is 19.6 Å². The molecule has 2 heteroatoms. The van der Waals surface area contributed by atoms with Gasteiger partial charge >= 0.3 is 0 Å². The van der Waals surface area contributed by atoms with Crippen LogP contribution < -0.4 is 5.73 Å². The smallest absolute Gasteiger partial charge is 0.0218 e. The highest BCUT2D eigenvalue weighted by atomic mass is 15.2. The molecule has 1 saturated heterocycles. The lowest BCUT2D eigenvalue weighted by atomic mass is 10.1. The number of hydrogen-bond acceptors (Lipinski definition) is 2. The first-order chi connectivity index (χ1) is 6.88. The fourth-order valence-corrected chi connectivity index (χ4v) is 2.37. The van der Waals surface area contributed by atoms with Crippen LogP contribution in [0.25, 0.3) is 0 Å². The molecule has 2 nitrogen and oxygen atoms in total. The lowest BCUT2D eigenvalue weighted by Crippen LogP contribution is -2.35. The van der Waals surface area contributed by atoms with Crippen molar-refractivity contribution < 1.29 is 0 Å². The van der Waals surface area contributed by atoms with Gasteiger partial charge in [0.2, 0.25) is 0 Å². The summed E-state index contributed by atoms with van der Waals surface area (Å²) in [6.45, 7) is 5.70. The molecule has 1 aliphatic rings. The summed E-state index contributed by atoms with van der Waals surface area (Å²) in [5.74, 6) is 0. The van der Waals surface area contributed by atoms with Gasteiger partial charge in [0.25, 0.3) is 0 Å². The summed E-state index contributed by atoms with van der Waals surface area (Å²) in [4.78, 5) is 2.59. The van der Waals surface area contributed by atoms with Crippen LogP contribution in [0.15, 0.2) is 0 Å². The molecule has 1 fully saturated rings. The van der Waals surface area contributed by atoms with Crippen LogP contribution in [0, 0.1) is 0 Å². The van der Waals surface area contributed by atoms with E-state index in [0.29, 0.717) is 6.04 Å². The number of nitrogens with two attached hydrogens (primary N) is 1. The second kappa shape index (κ2) is 7.24. The Bertz CT molecular complexity index is 136. The number of rotatable bonds is 7. The molecule has 2 N–H and O–H groups in total. The highest BCUT2D eigenvalue weighted by Gasteiger charge is 2.21. The van der Waals surface area contributed by atoms with Gasteiger partial charge in [-0.3, -0.25) is 4.90 Å². The molecule has 0 aromatic rings. The van der Waals surface area contributed by atoms with Crippen molar-refractivity contribution >= 4 is 0 Å². The Balaban J connectivity index is 2.00. The monoisotopic (exact) mass is 198 g/mol. The van der Waals surface area contributed by atoms with Gasteiger partial charge in [-0.1, -0.05) is 32.6 Å². The summed E-state index contributed by atoms with van der Waals surface area (Å²) in [5, 5.41) is 0. The van der Waals surface area contributed by atoms with Crippen molar-refractivity contribution in [3.63, 3.8) is 0 Å². The van der Waals surface area contributed by atoms with Crippen LogP contribution >= 0.6 is 0 Å². The standard InChI is InChI=1S/C12H26N2/c1-2-3-4-5-6-9-14-10-7-8-12(14)11-13/h12H,2-11,13H2,1H3. The maximum atomic E-state index is 5.73. The van der Waals surface area contributed by atoms with Gasteiger partial charge in [-0.05, 0) is 32.4 Å². The van der Waals surface area contributed by atoms with Gasteiger partial charge in [0.05, 0.1) is 0 Å². The lowest BCUT2D eigenvalue weighted by Gasteiger charge is -2.22. The largest absolute Gasteiger partial charge is 0.329 e. The summed E-state index contributed by atoms with van der Waals surface area (Å²) < 4.78 is 0. The normalized spacial score (nSPS) is 23.1. The molecule has 0 aromatic carbocycles. The Morgan fingerprint density at radius 2 is 2.00 bits per heavy atom. The van der Waals surface area contributed by atoms with Crippen molar-refractivity contribution in [3.05, 3.63) is 0 Å². The van der Waals surface area contributed by atoms with E-state index in [4.69, 9.17) is 5.73 Å². The minimum absolute atomic E-state index is 0.696. The van der Waals surface area contributed by atoms with E-state index >= 15 is 0 Å². The number of likely N-dealkylation sites (tertiary alicyclic amines) is 1. The van der Waals surface area contributed by atoms with Crippen molar-refractivity contribution in [2.24, 2.45) is 5.73 Å². The molecule has 0 aliphatic carbocycles. The average Bonchev–Trinajstić information content (AvgIpc) is 2.65. The van der Waals surface area contributed by atoms with Crippen LogP contribution in [0.1, 0.15) is 51.9 Å². The van der Waals surface area contributed by atoms with E-state index in [2.05, 4.69) is 11.8 Å². The maximum absolute atomic E-state index is 5.73. The first kappa shape index (κ1) is 12.0. The van der Waals surface area contributed by atoms with Crippen LogP contribution in [0.4, 0.5) is 0 Å². The van der Waals surface area contributed by atoms with Crippen molar-refractivity contribution in [3.8, 4) is 0 Å². The molecule has 0 saturated carbocycles. The molecule has 0 bridgehead atoms.